The highest BCUT2D eigenvalue weighted by Crippen LogP contribution is 2.23. The second-order valence-corrected chi connectivity index (χ2v) is 6.69. The van der Waals surface area contributed by atoms with Gasteiger partial charge in [-0.15, -0.1) is 0 Å². The van der Waals surface area contributed by atoms with Gasteiger partial charge in [-0.1, -0.05) is 12.1 Å². The molecule has 1 saturated heterocycles. The lowest BCUT2D eigenvalue weighted by atomic mass is 10.1. The van der Waals surface area contributed by atoms with Crippen LogP contribution < -0.4 is 21.3 Å². The lowest BCUT2D eigenvalue weighted by Crippen LogP contribution is -2.51. The van der Waals surface area contributed by atoms with Gasteiger partial charge in [0.1, 0.15) is 6.17 Å². The molecular weight excluding hydrogens is 302 g/mol. The van der Waals surface area contributed by atoms with Crippen LogP contribution in [-0.4, -0.2) is 36.2 Å². The van der Waals surface area contributed by atoms with Crippen molar-refractivity contribution in [1.29, 1.82) is 0 Å². The summed E-state index contributed by atoms with van der Waals surface area (Å²) in [5.41, 5.74) is 9.23. The van der Waals surface area contributed by atoms with Crippen LogP contribution in [0.1, 0.15) is 18.4 Å². The van der Waals surface area contributed by atoms with Gasteiger partial charge in [-0.2, -0.15) is 0 Å². The zero-order valence-corrected chi connectivity index (χ0v) is 13.6. The predicted octanol–water partition coefficient (Wildman–Crippen LogP) is 1.47. The second-order valence-electron chi connectivity index (χ2n) is 6.69. The number of nitrogens with one attached hydrogen (secondary N) is 2. The Morgan fingerprint density at radius 3 is 2.88 bits per heavy atom. The average Bonchev–Trinajstić information content (AvgIpc) is 3.02. The van der Waals surface area contributed by atoms with Gasteiger partial charge in [0.2, 0.25) is 0 Å². The van der Waals surface area contributed by atoms with E-state index in [0.717, 1.165) is 37.3 Å². The molecule has 1 aromatic carbocycles. The number of hydrogen-bond acceptors (Lipinski definition) is 4. The molecule has 3 aliphatic rings. The zero-order chi connectivity index (χ0) is 16.5. The molecule has 6 nitrogen and oxygen atoms in total. The minimum absolute atomic E-state index is 0.101. The van der Waals surface area contributed by atoms with E-state index in [1.165, 1.54) is 12.0 Å². The lowest BCUT2D eigenvalue weighted by molar-refractivity contribution is 0.201. The predicted molar refractivity (Wildman–Crippen MR) is 94.1 cm³/mol. The van der Waals surface area contributed by atoms with Gasteiger partial charge in [0.05, 0.1) is 5.69 Å². The number of likely N-dealkylation sites (tertiary alicyclic amines) is 1. The minimum Gasteiger partial charge on any atom is -0.368 e. The van der Waals surface area contributed by atoms with Crippen molar-refractivity contribution in [3.63, 3.8) is 0 Å². The third-order valence-corrected chi connectivity index (χ3v) is 4.80. The molecule has 1 aromatic rings. The Morgan fingerprint density at radius 2 is 2.08 bits per heavy atom. The molecule has 2 atom stereocenters. The van der Waals surface area contributed by atoms with E-state index in [-0.39, 0.29) is 12.2 Å². The van der Waals surface area contributed by atoms with Gasteiger partial charge in [0.25, 0.3) is 0 Å². The largest absolute Gasteiger partial charge is 0.368 e. The molecule has 126 valence electrons. The molecule has 0 saturated carbocycles. The molecule has 1 fully saturated rings. The summed E-state index contributed by atoms with van der Waals surface area (Å²) in [6.07, 6.45) is 7.91. The Labute approximate surface area is 142 Å². The molecule has 0 bridgehead atoms. The van der Waals surface area contributed by atoms with Crippen molar-refractivity contribution in [3.05, 3.63) is 53.9 Å². The molecule has 3 aliphatic heterocycles. The number of fused-ring (bicyclic) bond motifs is 1. The highest BCUT2D eigenvalue weighted by atomic mass is 16.2. The number of nitrogens with two attached hydrogens (primary N) is 1. The van der Waals surface area contributed by atoms with Crippen LogP contribution in [0.4, 0.5) is 10.5 Å². The Morgan fingerprint density at radius 1 is 1.25 bits per heavy atom. The molecule has 4 N–H and O–H groups in total. The van der Waals surface area contributed by atoms with E-state index in [2.05, 4.69) is 27.7 Å². The van der Waals surface area contributed by atoms with Crippen molar-refractivity contribution in [2.75, 3.05) is 18.0 Å². The maximum Gasteiger partial charge on any atom is 0.327 e. The summed E-state index contributed by atoms with van der Waals surface area (Å²) in [6.45, 7) is 2.98. The molecule has 0 spiro atoms. The van der Waals surface area contributed by atoms with Crippen LogP contribution in [0.3, 0.4) is 0 Å². The van der Waals surface area contributed by atoms with Crippen molar-refractivity contribution < 1.29 is 4.79 Å². The molecule has 0 radical (unpaired) electrons. The van der Waals surface area contributed by atoms with Gasteiger partial charge in [-0.25, -0.2) is 4.79 Å². The van der Waals surface area contributed by atoms with Crippen LogP contribution >= 0.6 is 0 Å². The van der Waals surface area contributed by atoms with Crippen molar-refractivity contribution >= 4 is 11.7 Å². The van der Waals surface area contributed by atoms with Crippen molar-refractivity contribution in [3.8, 4) is 0 Å². The van der Waals surface area contributed by atoms with Crippen LogP contribution in [0.2, 0.25) is 0 Å². The molecule has 3 heterocycles. The molecule has 24 heavy (non-hydrogen) atoms. The number of urea groups is 1. The third-order valence-electron chi connectivity index (χ3n) is 4.80. The van der Waals surface area contributed by atoms with Gasteiger partial charge in [-0.05, 0) is 49.4 Å². The number of benzene rings is 1. The smallest absolute Gasteiger partial charge is 0.327 e. The van der Waals surface area contributed by atoms with E-state index in [9.17, 15) is 4.79 Å². The fraction of sp³-hybridized carbons (Fsp3) is 0.389. The first-order valence-corrected chi connectivity index (χ1v) is 8.50. The number of carbonyl (C=O) groups is 1. The molecule has 6 heteroatoms. The summed E-state index contributed by atoms with van der Waals surface area (Å²) in [4.78, 5) is 16.3. The van der Waals surface area contributed by atoms with E-state index >= 15 is 0 Å². The number of rotatable bonds is 3. The monoisotopic (exact) mass is 325 g/mol. The fourth-order valence-electron chi connectivity index (χ4n) is 3.52. The van der Waals surface area contributed by atoms with Gasteiger partial charge in [-0.3, -0.25) is 9.80 Å². The number of nitrogens with zero attached hydrogens (tertiary/aromatic N) is 2. The van der Waals surface area contributed by atoms with Crippen molar-refractivity contribution in [2.24, 2.45) is 5.73 Å². The summed E-state index contributed by atoms with van der Waals surface area (Å²) < 4.78 is 0. The summed E-state index contributed by atoms with van der Waals surface area (Å²) in [5.74, 6) is 0. The van der Waals surface area contributed by atoms with Crippen molar-refractivity contribution in [1.82, 2.24) is 15.5 Å². The van der Waals surface area contributed by atoms with Gasteiger partial charge in [0.15, 0.2) is 0 Å². The van der Waals surface area contributed by atoms with E-state index in [1.54, 1.807) is 4.90 Å². The molecule has 4 rings (SSSR count). The van der Waals surface area contributed by atoms with Crippen LogP contribution in [0.5, 0.6) is 0 Å². The molecule has 2 amide bonds. The first-order valence-electron chi connectivity index (χ1n) is 8.50. The SMILES string of the molecule is NC1CCCN(Cc2ccc(N3C=C4C=CNC4NC3=O)cc2)C1. The Bertz CT molecular complexity index is 681. The van der Waals surface area contributed by atoms with Gasteiger partial charge >= 0.3 is 6.03 Å². The standard InChI is InChI=1S/C18H23N5O/c19-15-2-1-9-22(12-15)10-13-3-5-16(6-4-13)23-11-14-7-8-20-17(14)21-18(23)24/h3-8,11,15,17,20H,1-2,9-10,12,19H2,(H,21,24). The number of anilines is 1. The van der Waals surface area contributed by atoms with E-state index in [1.807, 2.05) is 30.6 Å². The normalized spacial score (nSPS) is 26.6. The summed E-state index contributed by atoms with van der Waals surface area (Å²) in [7, 11) is 0. The topological polar surface area (TPSA) is 73.6 Å². The molecule has 2 unspecified atom stereocenters. The Hall–Kier alpha value is -2.31. The highest BCUT2D eigenvalue weighted by molar-refractivity contribution is 5.95. The van der Waals surface area contributed by atoms with Gasteiger partial charge < -0.3 is 16.4 Å². The molecule has 0 aromatic heterocycles. The Kier molecular flexibility index (Phi) is 4.00. The van der Waals surface area contributed by atoms with E-state index in [0.29, 0.717) is 6.04 Å². The average molecular weight is 325 g/mol. The fourth-order valence-corrected chi connectivity index (χ4v) is 3.52. The van der Waals surface area contributed by atoms with Crippen molar-refractivity contribution in [2.45, 2.75) is 31.6 Å². The first-order chi connectivity index (χ1) is 11.7. The van der Waals surface area contributed by atoms with Crippen LogP contribution in [0.15, 0.2) is 48.3 Å². The Balaban J connectivity index is 1.46. The maximum absolute atomic E-state index is 12.3. The van der Waals surface area contributed by atoms with Crippen LogP contribution in [-0.2, 0) is 6.54 Å². The number of piperidine rings is 1. The van der Waals surface area contributed by atoms with E-state index in [4.69, 9.17) is 5.73 Å². The van der Waals surface area contributed by atoms with Crippen LogP contribution in [0, 0.1) is 0 Å². The maximum atomic E-state index is 12.3. The summed E-state index contributed by atoms with van der Waals surface area (Å²) in [6, 6.07) is 8.37. The first kappa shape index (κ1) is 15.2. The third kappa shape index (κ3) is 3.02. The molecular formula is C18H23N5O. The summed E-state index contributed by atoms with van der Waals surface area (Å²) in [5, 5.41) is 6.03. The van der Waals surface area contributed by atoms with Crippen LogP contribution in [0.25, 0.3) is 0 Å². The minimum atomic E-state index is -0.116. The lowest BCUT2D eigenvalue weighted by Gasteiger charge is -2.31. The van der Waals surface area contributed by atoms with Gasteiger partial charge in [0, 0.05) is 30.9 Å². The highest BCUT2D eigenvalue weighted by Gasteiger charge is 2.27. The van der Waals surface area contributed by atoms with E-state index < -0.39 is 0 Å². The number of carbonyl (C=O) groups excluding carboxylic acids is 1. The molecule has 0 aliphatic carbocycles. The number of amides is 2. The quantitative estimate of drug-likeness (QED) is 0.787. The summed E-state index contributed by atoms with van der Waals surface area (Å²) >= 11 is 0. The number of hydrogen-bond donors (Lipinski definition) is 3. The second kappa shape index (κ2) is 6.30. The zero-order valence-electron chi connectivity index (χ0n) is 13.6.